The van der Waals surface area contributed by atoms with Crippen LogP contribution in [-0.2, 0) is 17.8 Å². The van der Waals surface area contributed by atoms with Crippen LogP contribution in [-0.4, -0.2) is 27.3 Å². The summed E-state index contributed by atoms with van der Waals surface area (Å²) in [4.78, 5) is 23.2. The minimum absolute atomic E-state index is 0.147. The zero-order valence-electron chi connectivity index (χ0n) is 14.7. The molecule has 1 amide bonds. The molecule has 0 spiro atoms. The van der Waals surface area contributed by atoms with Crippen molar-refractivity contribution in [3.63, 3.8) is 0 Å². The Morgan fingerprint density at radius 2 is 2.16 bits per heavy atom. The number of nitriles is 1. The number of rotatable bonds is 2. The normalized spacial score (nSPS) is 13.8. The second-order valence-corrected chi connectivity index (χ2v) is 7.21. The van der Waals surface area contributed by atoms with Crippen LogP contribution in [0.3, 0.4) is 0 Å². The van der Waals surface area contributed by atoms with Crippen LogP contribution in [0.1, 0.15) is 37.6 Å². The van der Waals surface area contributed by atoms with Crippen molar-refractivity contribution in [1.29, 1.82) is 5.26 Å². The van der Waals surface area contributed by atoms with Crippen LogP contribution in [0.2, 0.25) is 0 Å². The largest absolute Gasteiger partial charge is 0.337 e. The highest BCUT2D eigenvalue weighted by Crippen LogP contribution is 2.24. The fraction of sp³-hybridized carbons (Fsp3) is 0.368. The van der Waals surface area contributed by atoms with Crippen molar-refractivity contribution >= 4 is 17.5 Å². The number of anilines is 2. The fourth-order valence-corrected chi connectivity index (χ4v) is 2.82. The van der Waals surface area contributed by atoms with Gasteiger partial charge in [0.2, 0.25) is 11.9 Å². The molecule has 6 nitrogen and oxygen atoms in total. The molecule has 1 aromatic heterocycles. The van der Waals surface area contributed by atoms with Gasteiger partial charge >= 0.3 is 0 Å². The molecule has 2 aromatic rings. The number of nitrogens with one attached hydrogen (secondary N) is 1. The third-order valence-electron chi connectivity index (χ3n) is 4.11. The van der Waals surface area contributed by atoms with Gasteiger partial charge in [0.25, 0.3) is 0 Å². The van der Waals surface area contributed by atoms with Crippen LogP contribution < -0.4 is 5.32 Å². The zero-order valence-corrected chi connectivity index (χ0v) is 14.7. The van der Waals surface area contributed by atoms with E-state index in [0.29, 0.717) is 31.0 Å². The molecule has 128 valence electrons. The van der Waals surface area contributed by atoms with Crippen LogP contribution in [0.25, 0.3) is 0 Å². The lowest BCUT2D eigenvalue weighted by atomic mass is 9.93. The van der Waals surface area contributed by atoms with Crippen molar-refractivity contribution in [2.75, 3.05) is 11.9 Å². The first-order valence-corrected chi connectivity index (χ1v) is 8.28. The number of aromatic nitrogens is 2. The lowest BCUT2D eigenvalue weighted by Gasteiger charge is -2.33. The Kier molecular flexibility index (Phi) is 4.41. The van der Waals surface area contributed by atoms with Gasteiger partial charge in [0.1, 0.15) is 0 Å². The van der Waals surface area contributed by atoms with Crippen LogP contribution >= 0.6 is 0 Å². The Labute approximate surface area is 147 Å². The fourth-order valence-electron chi connectivity index (χ4n) is 2.82. The van der Waals surface area contributed by atoms with Crippen molar-refractivity contribution in [2.24, 2.45) is 5.41 Å². The summed E-state index contributed by atoms with van der Waals surface area (Å²) in [5, 5.41) is 12.1. The van der Waals surface area contributed by atoms with Gasteiger partial charge < -0.3 is 10.2 Å². The quantitative estimate of drug-likeness (QED) is 0.912. The Hall–Kier alpha value is -2.94. The smallest absolute Gasteiger partial charge is 0.228 e. The lowest BCUT2D eigenvalue weighted by Crippen LogP contribution is -2.42. The SMILES string of the molecule is CC(C)(C)C(=O)N1CCc2nc(Nc3cccc(C#N)c3)ncc2C1. The number of amides is 1. The molecule has 0 atom stereocenters. The van der Waals surface area contributed by atoms with Crippen molar-refractivity contribution in [3.8, 4) is 6.07 Å². The van der Waals surface area contributed by atoms with Crippen molar-refractivity contribution < 1.29 is 4.79 Å². The topological polar surface area (TPSA) is 81.9 Å². The molecule has 0 saturated heterocycles. The molecular formula is C19H21N5O. The van der Waals surface area contributed by atoms with Crippen LogP contribution in [0, 0.1) is 16.7 Å². The van der Waals surface area contributed by atoms with Gasteiger partial charge in [-0.25, -0.2) is 9.97 Å². The molecule has 0 bridgehead atoms. The number of carbonyl (C=O) groups excluding carboxylic acids is 1. The summed E-state index contributed by atoms with van der Waals surface area (Å²) in [5.74, 6) is 0.651. The minimum Gasteiger partial charge on any atom is -0.337 e. The van der Waals surface area contributed by atoms with E-state index in [-0.39, 0.29) is 11.3 Å². The first-order valence-electron chi connectivity index (χ1n) is 8.28. The molecule has 1 N–H and O–H groups in total. The molecule has 0 aliphatic carbocycles. The highest BCUT2D eigenvalue weighted by atomic mass is 16.2. The van der Waals surface area contributed by atoms with Crippen molar-refractivity contribution in [2.45, 2.75) is 33.7 Å². The Morgan fingerprint density at radius 1 is 1.36 bits per heavy atom. The molecule has 6 heteroatoms. The molecule has 1 aliphatic heterocycles. The molecule has 0 saturated carbocycles. The first kappa shape index (κ1) is 16.9. The third-order valence-corrected chi connectivity index (χ3v) is 4.11. The Balaban J connectivity index is 1.76. The van der Waals surface area contributed by atoms with E-state index in [1.807, 2.05) is 37.8 Å². The number of carbonyl (C=O) groups is 1. The third kappa shape index (κ3) is 3.77. The average molecular weight is 335 g/mol. The summed E-state index contributed by atoms with van der Waals surface area (Å²) < 4.78 is 0. The van der Waals surface area contributed by atoms with Gasteiger partial charge in [-0.2, -0.15) is 5.26 Å². The maximum Gasteiger partial charge on any atom is 0.228 e. The number of benzene rings is 1. The Bertz CT molecular complexity index is 848. The molecule has 0 fully saturated rings. The second kappa shape index (κ2) is 6.52. The van der Waals surface area contributed by atoms with E-state index in [0.717, 1.165) is 16.9 Å². The molecule has 1 aliphatic rings. The standard InChI is InChI=1S/C19H21N5O/c1-19(2,3)17(25)24-8-7-16-14(12-24)11-21-18(23-16)22-15-6-4-5-13(9-15)10-20/h4-6,9,11H,7-8,12H2,1-3H3,(H,21,22,23). The van der Waals surface area contributed by atoms with Gasteiger partial charge in [-0.05, 0) is 18.2 Å². The van der Waals surface area contributed by atoms with E-state index < -0.39 is 0 Å². The molecular weight excluding hydrogens is 314 g/mol. The lowest BCUT2D eigenvalue weighted by molar-refractivity contribution is -0.140. The minimum atomic E-state index is -0.383. The summed E-state index contributed by atoms with van der Waals surface area (Å²) in [6, 6.07) is 9.30. The van der Waals surface area contributed by atoms with Gasteiger partial charge in [-0.1, -0.05) is 26.8 Å². The van der Waals surface area contributed by atoms with Gasteiger partial charge in [0.05, 0.1) is 17.3 Å². The van der Waals surface area contributed by atoms with Gasteiger partial charge in [0, 0.05) is 42.4 Å². The summed E-state index contributed by atoms with van der Waals surface area (Å²) >= 11 is 0. The van der Waals surface area contributed by atoms with Crippen LogP contribution in [0.5, 0.6) is 0 Å². The number of nitrogens with zero attached hydrogens (tertiary/aromatic N) is 4. The zero-order chi connectivity index (χ0) is 18.0. The van der Waals surface area contributed by atoms with Crippen LogP contribution in [0.15, 0.2) is 30.5 Å². The highest BCUT2D eigenvalue weighted by molar-refractivity contribution is 5.81. The molecule has 3 rings (SSSR count). The molecule has 0 radical (unpaired) electrons. The van der Waals surface area contributed by atoms with Gasteiger partial charge in [-0.3, -0.25) is 4.79 Å². The van der Waals surface area contributed by atoms with E-state index >= 15 is 0 Å². The van der Waals surface area contributed by atoms with Crippen LogP contribution in [0.4, 0.5) is 11.6 Å². The Morgan fingerprint density at radius 3 is 2.88 bits per heavy atom. The maximum atomic E-state index is 12.4. The molecule has 25 heavy (non-hydrogen) atoms. The van der Waals surface area contributed by atoms with Gasteiger partial charge in [0.15, 0.2) is 0 Å². The maximum absolute atomic E-state index is 12.4. The summed E-state index contributed by atoms with van der Waals surface area (Å²) in [6.07, 6.45) is 2.49. The van der Waals surface area contributed by atoms with E-state index in [2.05, 4.69) is 21.4 Å². The molecule has 2 heterocycles. The predicted octanol–water partition coefficient (Wildman–Crippen LogP) is 3.02. The average Bonchev–Trinajstić information content (AvgIpc) is 2.60. The summed E-state index contributed by atoms with van der Waals surface area (Å²) in [6.45, 7) is 7.02. The summed E-state index contributed by atoms with van der Waals surface area (Å²) in [5.41, 5.74) is 2.93. The molecule has 0 unspecified atom stereocenters. The van der Waals surface area contributed by atoms with E-state index in [4.69, 9.17) is 5.26 Å². The van der Waals surface area contributed by atoms with Crippen molar-refractivity contribution in [3.05, 3.63) is 47.3 Å². The number of hydrogen-bond donors (Lipinski definition) is 1. The first-order chi connectivity index (χ1) is 11.9. The predicted molar refractivity (Wildman–Crippen MR) is 95.0 cm³/mol. The van der Waals surface area contributed by atoms with Gasteiger partial charge in [-0.15, -0.1) is 0 Å². The monoisotopic (exact) mass is 335 g/mol. The second-order valence-electron chi connectivity index (χ2n) is 7.21. The molecule has 1 aromatic carbocycles. The summed E-state index contributed by atoms with van der Waals surface area (Å²) in [7, 11) is 0. The van der Waals surface area contributed by atoms with Crippen molar-refractivity contribution in [1.82, 2.24) is 14.9 Å². The highest BCUT2D eigenvalue weighted by Gasteiger charge is 2.30. The van der Waals surface area contributed by atoms with E-state index in [1.165, 1.54) is 0 Å². The van der Waals surface area contributed by atoms with E-state index in [9.17, 15) is 4.79 Å². The van der Waals surface area contributed by atoms with E-state index in [1.54, 1.807) is 18.3 Å². The number of fused-ring (bicyclic) bond motifs is 1. The number of hydrogen-bond acceptors (Lipinski definition) is 5.